The van der Waals surface area contributed by atoms with E-state index in [2.05, 4.69) is 20.4 Å². The summed E-state index contributed by atoms with van der Waals surface area (Å²) in [5, 5.41) is 5.32. The Hall–Kier alpha value is -2.89. The van der Waals surface area contributed by atoms with Gasteiger partial charge in [-0.15, -0.1) is 0 Å². The highest BCUT2D eigenvalue weighted by Crippen LogP contribution is 2.06. The Labute approximate surface area is 122 Å². The van der Waals surface area contributed by atoms with Crippen molar-refractivity contribution in [3.8, 4) is 0 Å². The Morgan fingerprint density at radius 3 is 2.52 bits per heavy atom. The standard InChI is InChI=1S/C15H15N3O3/c1-21-14(19)12-7-5-11(6-8-12)10-17-15(20)18-13-4-2-3-9-16-13/h2-9H,10H2,1H3,(H2,16,17,18,20). The van der Waals surface area contributed by atoms with Gasteiger partial charge in [0.2, 0.25) is 0 Å². The number of carbonyl (C=O) groups is 2. The first-order valence-electron chi connectivity index (χ1n) is 6.32. The molecule has 0 bridgehead atoms. The van der Waals surface area contributed by atoms with Gasteiger partial charge >= 0.3 is 12.0 Å². The highest BCUT2D eigenvalue weighted by Gasteiger charge is 2.05. The van der Waals surface area contributed by atoms with Crippen molar-refractivity contribution in [2.24, 2.45) is 0 Å². The van der Waals surface area contributed by atoms with E-state index >= 15 is 0 Å². The van der Waals surface area contributed by atoms with Crippen molar-refractivity contribution >= 4 is 17.8 Å². The van der Waals surface area contributed by atoms with Crippen LogP contribution in [0, 0.1) is 0 Å². The number of amides is 2. The van der Waals surface area contributed by atoms with Gasteiger partial charge in [-0.25, -0.2) is 14.6 Å². The van der Waals surface area contributed by atoms with Crippen molar-refractivity contribution in [1.29, 1.82) is 0 Å². The maximum absolute atomic E-state index is 11.7. The fourth-order valence-electron chi connectivity index (χ4n) is 1.66. The normalized spacial score (nSPS) is 9.76. The first kappa shape index (κ1) is 14.5. The summed E-state index contributed by atoms with van der Waals surface area (Å²) < 4.78 is 4.62. The van der Waals surface area contributed by atoms with E-state index in [4.69, 9.17) is 0 Å². The van der Waals surface area contributed by atoms with Gasteiger partial charge in [-0.1, -0.05) is 18.2 Å². The van der Waals surface area contributed by atoms with Gasteiger partial charge in [0.25, 0.3) is 0 Å². The number of benzene rings is 1. The highest BCUT2D eigenvalue weighted by molar-refractivity contribution is 5.89. The maximum atomic E-state index is 11.7. The number of methoxy groups -OCH3 is 1. The number of nitrogens with one attached hydrogen (secondary N) is 2. The zero-order valence-corrected chi connectivity index (χ0v) is 11.5. The molecule has 2 aromatic rings. The van der Waals surface area contributed by atoms with Crippen LogP contribution < -0.4 is 10.6 Å². The minimum Gasteiger partial charge on any atom is -0.465 e. The van der Waals surface area contributed by atoms with Crippen molar-refractivity contribution in [3.05, 3.63) is 59.8 Å². The Balaban J connectivity index is 1.85. The molecule has 0 saturated carbocycles. The number of pyridine rings is 1. The summed E-state index contributed by atoms with van der Waals surface area (Å²) in [6.07, 6.45) is 1.60. The summed E-state index contributed by atoms with van der Waals surface area (Å²) in [4.78, 5) is 26.9. The number of hydrogen-bond acceptors (Lipinski definition) is 4. The molecule has 108 valence electrons. The van der Waals surface area contributed by atoms with Gasteiger partial charge in [0.05, 0.1) is 12.7 Å². The average Bonchev–Trinajstić information content (AvgIpc) is 2.53. The first-order valence-corrected chi connectivity index (χ1v) is 6.32. The van der Waals surface area contributed by atoms with Crippen LogP contribution in [0.15, 0.2) is 48.7 Å². The third-order valence-corrected chi connectivity index (χ3v) is 2.73. The number of urea groups is 1. The molecule has 0 atom stereocenters. The van der Waals surface area contributed by atoms with E-state index in [9.17, 15) is 9.59 Å². The zero-order chi connectivity index (χ0) is 15.1. The van der Waals surface area contributed by atoms with Gasteiger partial charge in [-0.05, 0) is 29.8 Å². The minimum absolute atomic E-state index is 0.342. The van der Waals surface area contributed by atoms with Gasteiger partial charge in [0.15, 0.2) is 0 Å². The number of hydrogen-bond donors (Lipinski definition) is 2. The molecular formula is C15H15N3O3. The highest BCUT2D eigenvalue weighted by atomic mass is 16.5. The van der Waals surface area contributed by atoms with Crippen molar-refractivity contribution in [2.75, 3.05) is 12.4 Å². The van der Waals surface area contributed by atoms with Crippen LogP contribution in [-0.2, 0) is 11.3 Å². The van der Waals surface area contributed by atoms with E-state index in [1.807, 2.05) is 0 Å². The Kier molecular flexibility index (Phi) is 4.87. The van der Waals surface area contributed by atoms with Gasteiger partial charge in [-0.2, -0.15) is 0 Å². The minimum atomic E-state index is -0.387. The molecule has 6 nitrogen and oxygen atoms in total. The molecule has 21 heavy (non-hydrogen) atoms. The number of ether oxygens (including phenoxy) is 1. The molecule has 0 aliphatic rings. The summed E-state index contributed by atoms with van der Waals surface area (Å²) in [6, 6.07) is 11.7. The second-order valence-corrected chi connectivity index (χ2v) is 4.21. The largest absolute Gasteiger partial charge is 0.465 e. The lowest BCUT2D eigenvalue weighted by Crippen LogP contribution is -2.28. The molecule has 0 unspecified atom stereocenters. The van der Waals surface area contributed by atoms with Crippen LogP contribution in [0.2, 0.25) is 0 Å². The van der Waals surface area contributed by atoms with Gasteiger partial charge in [0.1, 0.15) is 5.82 Å². The first-order chi connectivity index (χ1) is 10.2. The lowest BCUT2D eigenvalue weighted by Gasteiger charge is -2.07. The summed E-state index contributed by atoms with van der Waals surface area (Å²) in [6.45, 7) is 0.347. The van der Waals surface area contributed by atoms with Crippen molar-refractivity contribution in [3.63, 3.8) is 0 Å². The number of nitrogens with zero attached hydrogens (tertiary/aromatic N) is 1. The van der Waals surface area contributed by atoms with Crippen LogP contribution in [0.4, 0.5) is 10.6 Å². The molecule has 1 heterocycles. The lowest BCUT2D eigenvalue weighted by atomic mass is 10.1. The molecule has 1 aromatic heterocycles. The third-order valence-electron chi connectivity index (χ3n) is 2.73. The van der Waals surface area contributed by atoms with Crippen LogP contribution in [0.5, 0.6) is 0 Å². The fraction of sp³-hybridized carbons (Fsp3) is 0.133. The number of aromatic nitrogens is 1. The second-order valence-electron chi connectivity index (χ2n) is 4.21. The van der Waals surface area contributed by atoms with E-state index in [1.165, 1.54) is 7.11 Å². The molecule has 2 amide bonds. The smallest absolute Gasteiger partial charge is 0.337 e. The molecule has 1 aromatic carbocycles. The van der Waals surface area contributed by atoms with Crippen LogP contribution in [0.3, 0.4) is 0 Å². The van der Waals surface area contributed by atoms with Gasteiger partial charge in [-0.3, -0.25) is 5.32 Å². The SMILES string of the molecule is COC(=O)c1ccc(CNC(=O)Nc2ccccn2)cc1. The molecule has 0 aliphatic carbocycles. The molecule has 2 N–H and O–H groups in total. The molecule has 0 aliphatic heterocycles. The zero-order valence-electron chi connectivity index (χ0n) is 11.5. The van der Waals surface area contributed by atoms with E-state index in [0.29, 0.717) is 17.9 Å². The quantitative estimate of drug-likeness (QED) is 0.844. The Bertz CT molecular complexity index is 612. The monoisotopic (exact) mass is 285 g/mol. The Morgan fingerprint density at radius 2 is 1.90 bits per heavy atom. The summed E-state index contributed by atoms with van der Waals surface area (Å²) in [7, 11) is 1.33. The number of rotatable bonds is 4. The molecule has 0 radical (unpaired) electrons. The van der Waals surface area contributed by atoms with Gasteiger partial charge < -0.3 is 10.1 Å². The molecule has 6 heteroatoms. The summed E-state index contributed by atoms with van der Waals surface area (Å²) in [5.74, 6) is 0.0958. The van der Waals surface area contributed by atoms with Crippen molar-refractivity contribution in [1.82, 2.24) is 10.3 Å². The van der Waals surface area contributed by atoms with E-state index < -0.39 is 0 Å². The number of anilines is 1. The lowest BCUT2D eigenvalue weighted by molar-refractivity contribution is 0.0600. The summed E-state index contributed by atoms with van der Waals surface area (Å²) >= 11 is 0. The predicted octanol–water partition coefficient (Wildman–Crippen LogP) is 2.19. The van der Waals surface area contributed by atoms with Crippen LogP contribution >= 0.6 is 0 Å². The maximum Gasteiger partial charge on any atom is 0.337 e. The molecule has 0 saturated heterocycles. The molecule has 0 fully saturated rings. The third kappa shape index (κ3) is 4.31. The topological polar surface area (TPSA) is 80.3 Å². The molecule has 2 rings (SSSR count). The number of esters is 1. The average molecular weight is 285 g/mol. The van der Waals surface area contributed by atoms with Crippen LogP contribution in [0.1, 0.15) is 15.9 Å². The summed E-state index contributed by atoms with van der Waals surface area (Å²) in [5.41, 5.74) is 1.35. The Morgan fingerprint density at radius 1 is 1.14 bits per heavy atom. The van der Waals surface area contributed by atoms with Crippen LogP contribution in [-0.4, -0.2) is 24.1 Å². The molecular weight excluding hydrogens is 270 g/mol. The van der Waals surface area contributed by atoms with E-state index in [-0.39, 0.29) is 12.0 Å². The fourth-order valence-corrected chi connectivity index (χ4v) is 1.66. The van der Waals surface area contributed by atoms with Crippen molar-refractivity contribution < 1.29 is 14.3 Å². The van der Waals surface area contributed by atoms with Gasteiger partial charge in [0, 0.05) is 12.7 Å². The number of carbonyl (C=O) groups excluding carboxylic acids is 2. The second kappa shape index (κ2) is 7.04. The predicted molar refractivity (Wildman–Crippen MR) is 77.9 cm³/mol. The van der Waals surface area contributed by atoms with Crippen LogP contribution in [0.25, 0.3) is 0 Å². The molecule has 0 spiro atoms. The van der Waals surface area contributed by atoms with Crippen molar-refractivity contribution in [2.45, 2.75) is 6.54 Å². The van der Waals surface area contributed by atoms with E-state index in [1.54, 1.807) is 48.7 Å². The van der Waals surface area contributed by atoms with E-state index in [0.717, 1.165) is 5.56 Å².